The third-order valence-corrected chi connectivity index (χ3v) is 1.62. The number of hydrogen-bond acceptors (Lipinski definition) is 3. The van der Waals surface area contributed by atoms with E-state index in [9.17, 15) is 4.79 Å². The summed E-state index contributed by atoms with van der Waals surface area (Å²) in [5.74, 6) is 0.631. The lowest BCUT2D eigenvalue weighted by atomic mass is 10.4. The second-order valence-corrected chi connectivity index (χ2v) is 2.23. The van der Waals surface area contributed by atoms with E-state index >= 15 is 0 Å². The molecule has 1 aromatic heterocycles. The Balaban J connectivity index is 2.52. The fourth-order valence-corrected chi connectivity index (χ4v) is 1.03. The average molecular weight is 138 g/mol. The van der Waals surface area contributed by atoms with Crippen LogP contribution in [0.2, 0.25) is 0 Å². The molecule has 0 saturated carbocycles. The smallest absolute Gasteiger partial charge is 0.235 e. The Bertz CT molecular complexity index is 279. The molecule has 10 heavy (non-hydrogen) atoms. The number of carbonyl (C=O) groups excluding carboxylic acids is 1. The van der Waals surface area contributed by atoms with Gasteiger partial charge in [0.1, 0.15) is 5.69 Å². The van der Waals surface area contributed by atoms with E-state index in [-0.39, 0.29) is 5.91 Å². The summed E-state index contributed by atoms with van der Waals surface area (Å²) in [4.78, 5) is 16.3. The Morgan fingerprint density at radius 2 is 2.60 bits per heavy atom. The maximum absolute atomic E-state index is 10.9. The lowest BCUT2D eigenvalue weighted by Crippen LogP contribution is -2.20. The molecule has 0 aliphatic carbocycles. The molecule has 1 amide bonds. The molecule has 0 bridgehead atoms. The summed E-state index contributed by atoms with van der Waals surface area (Å²) in [6, 6.07) is 0. The van der Waals surface area contributed by atoms with Gasteiger partial charge in [0.25, 0.3) is 0 Å². The lowest BCUT2D eigenvalue weighted by molar-refractivity contribution is -0.117. The van der Waals surface area contributed by atoms with E-state index in [1.807, 2.05) is 0 Å². The van der Waals surface area contributed by atoms with Gasteiger partial charge >= 0.3 is 0 Å². The number of nitrogens with zero attached hydrogens (tertiary/aromatic N) is 2. The van der Waals surface area contributed by atoms with Crippen molar-refractivity contribution in [2.45, 2.75) is 6.42 Å². The van der Waals surface area contributed by atoms with E-state index in [1.165, 1.54) is 11.3 Å². The van der Waals surface area contributed by atoms with Gasteiger partial charge in [-0.2, -0.15) is 0 Å². The number of anilines is 1. The highest BCUT2D eigenvalue weighted by molar-refractivity contribution is 5.98. The zero-order chi connectivity index (χ0) is 7.14. The van der Waals surface area contributed by atoms with Crippen molar-refractivity contribution in [3.05, 3.63) is 12.1 Å². The molecule has 2 rings (SSSR count). The van der Waals surface area contributed by atoms with Crippen LogP contribution >= 0.6 is 0 Å². The summed E-state index contributed by atoms with van der Waals surface area (Å²) in [5.41, 5.74) is 0.743. The minimum absolute atomic E-state index is 0.0434. The normalized spacial score (nSPS) is 16.1. The quantitative estimate of drug-likeness (QED) is 0.514. The molecule has 52 valence electrons. The Labute approximate surface area is 57.5 Å². The van der Waals surface area contributed by atoms with Crippen LogP contribution in [0.3, 0.4) is 0 Å². The minimum atomic E-state index is 0.0434. The first-order valence-corrected chi connectivity index (χ1v) is 2.98. The van der Waals surface area contributed by atoms with Gasteiger partial charge in [0, 0.05) is 7.05 Å². The van der Waals surface area contributed by atoms with Crippen LogP contribution in [0, 0.1) is 0 Å². The van der Waals surface area contributed by atoms with Crippen molar-refractivity contribution < 1.29 is 9.21 Å². The molecule has 4 nitrogen and oxygen atoms in total. The van der Waals surface area contributed by atoms with Crippen molar-refractivity contribution in [3.8, 4) is 0 Å². The Morgan fingerprint density at radius 3 is 3.30 bits per heavy atom. The SMILES string of the molecule is CN1C(=O)Cc2ncoc21. The number of hydrogen-bond donors (Lipinski definition) is 0. The molecule has 0 saturated heterocycles. The molecule has 0 fully saturated rings. The summed E-state index contributed by atoms with van der Waals surface area (Å²) in [7, 11) is 1.68. The number of carbonyl (C=O) groups is 1. The van der Waals surface area contributed by atoms with Crippen molar-refractivity contribution in [2.75, 3.05) is 11.9 Å². The van der Waals surface area contributed by atoms with Gasteiger partial charge in [-0.1, -0.05) is 0 Å². The van der Waals surface area contributed by atoms with E-state index in [1.54, 1.807) is 7.05 Å². The van der Waals surface area contributed by atoms with Crippen molar-refractivity contribution in [1.82, 2.24) is 4.98 Å². The summed E-state index contributed by atoms with van der Waals surface area (Å²) < 4.78 is 4.95. The number of rotatable bonds is 0. The van der Waals surface area contributed by atoms with Crippen molar-refractivity contribution in [1.29, 1.82) is 0 Å². The van der Waals surface area contributed by atoms with Gasteiger partial charge in [0.15, 0.2) is 6.39 Å². The van der Waals surface area contributed by atoms with Crippen LogP contribution in [0.5, 0.6) is 0 Å². The Hall–Kier alpha value is -1.32. The third kappa shape index (κ3) is 0.504. The predicted octanol–water partition coefficient (Wildman–Crippen LogP) is 0.193. The molecule has 1 aromatic rings. The largest absolute Gasteiger partial charge is 0.427 e. The van der Waals surface area contributed by atoms with E-state index < -0.39 is 0 Å². The van der Waals surface area contributed by atoms with Gasteiger partial charge in [0.2, 0.25) is 11.8 Å². The van der Waals surface area contributed by atoms with Crippen LogP contribution in [-0.4, -0.2) is 17.9 Å². The standard InChI is InChI=1S/C6H6N2O2/c1-8-5(9)2-4-6(8)10-3-7-4/h3H,2H2,1H3. The third-order valence-electron chi connectivity index (χ3n) is 1.62. The molecule has 1 aliphatic rings. The highest BCUT2D eigenvalue weighted by atomic mass is 16.4. The first kappa shape index (κ1) is 5.46. The number of likely N-dealkylation sites (N-methyl/N-ethyl adjacent to an activating group) is 1. The van der Waals surface area contributed by atoms with Crippen LogP contribution in [0.1, 0.15) is 5.69 Å². The predicted molar refractivity (Wildman–Crippen MR) is 33.6 cm³/mol. The van der Waals surface area contributed by atoms with Crippen molar-refractivity contribution >= 4 is 11.8 Å². The van der Waals surface area contributed by atoms with Crippen LogP contribution in [0.25, 0.3) is 0 Å². The first-order valence-electron chi connectivity index (χ1n) is 2.98. The second kappa shape index (κ2) is 1.59. The fourth-order valence-electron chi connectivity index (χ4n) is 1.03. The van der Waals surface area contributed by atoms with E-state index in [0.29, 0.717) is 12.3 Å². The monoisotopic (exact) mass is 138 g/mol. The molecule has 4 heteroatoms. The number of aromatic nitrogens is 1. The van der Waals surface area contributed by atoms with Gasteiger partial charge < -0.3 is 4.42 Å². The van der Waals surface area contributed by atoms with Gasteiger partial charge in [-0.05, 0) is 0 Å². The summed E-state index contributed by atoms with van der Waals surface area (Å²) in [6.07, 6.45) is 1.73. The maximum Gasteiger partial charge on any atom is 0.235 e. The van der Waals surface area contributed by atoms with Crippen LogP contribution in [0.15, 0.2) is 10.8 Å². The molecule has 1 aliphatic heterocycles. The number of fused-ring (bicyclic) bond motifs is 1. The maximum atomic E-state index is 10.9. The molecule has 0 spiro atoms. The zero-order valence-corrected chi connectivity index (χ0v) is 5.50. The van der Waals surface area contributed by atoms with E-state index in [2.05, 4.69) is 4.98 Å². The number of oxazole rings is 1. The second-order valence-electron chi connectivity index (χ2n) is 2.23. The van der Waals surface area contributed by atoms with Crippen molar-refractivity contribution in [3.63, 3.8) is 0 Å². The van der Waals surface area contributed by atoms with Gasteiger partial charge in [-0.15, -0.1) is 0 Å². The molecule has 0 N–H and O–H groups in total. The van der Waals surface area contributed by atoms with Crippen LogP contribution in [0.4, 0.5) is 5.88 Å². The van der Waals surface area contributed by atoms with Gasteiger partial charge in [-0.3, -0.25) is 9.69 Å². The summed E-state index contributed by atoms with van der Waals surface area (Å²) >= 11 is 0. The van der Waals surface area contributed by atoms with Gasteiger partial charge in [-0.25, -0.2) is 4.98 Å². The number of amides is 1. The van der Waals surface area contributed by atoms with Crippen molar-refractivity contribution in [2.24, 2.45) is 0 Å². The molecular weight excluding hydrogens is 132 g/mol. The summed E-state index contributed by atoms with van der Waals surface area (Å²) in [5, 5.41) is 0. The van der Waals surface area contributed by atoms with Crippen LogP contribution < -0.4 is 4.90 Å². The highest BCUT2D eigenvalue weighted by Gasteiger charge is 2.27. The van der Waals surface area contributed by atoms with E-state index in [0.717, 1.165) is 5.69 Å². The molecule has 2 heterocycles. The molecule has 0 atom stereocenters. The first-order chi connectivity index (χ1) is 4.79. The van der Waals surface area contributed by atoms with Gasteiger partial charge in [0.05, 0.1) is 6.42 Å². The molecular formula is C6H6N2O2. The Morgan fingerprint density at radius 1 is 1.80 bits per heavy atom. The Kier molecular flexibility index (Phi) is 0.869. The molecule has 0 aromatic carbocycles. The fraction of sp³-hybridized carbons (Fsp3) is 0.333. The zero-order valence-electron chi connectivity index (χ0n) is 5.50. The highest BCUT2D eigenvalue weighted by Crippen LogP contribution is 2.25. The molecule has 0 unspecified atom stereocenters. The lowest BCUT2D eigenvalue weighted by Gasteiger charge is -2.03. The van der Waals surface area contributed by atoms with E-state index in [4.69, 9.17) is 4.42 Å². The van der Waals surface area contributed by atoms with Crippen LogP contribution in [-0.2, 0) is 11.2 Å². The summed E-state index contributed by atoms with van der Waals surface area (Å²) in [6.45, 7) is 0. The average Bonchev–Trinajstić information content (AvgIpc) is 2.41. The topological polar surface area (TPSA) is 46.3 Å². The molecule has 0 radical (unpaired) electrons. The minimum Gasteiger partial charge on any atom is -0.427 e.